The van der Waals surface area contributed by atoms with Gasteiger partial charge in [-0.15, -0.1) is 11.3 Å². The average molecular weight is 330 g/mol. The number of hydrogen-bond donors (Lipinski definition) is 1. The van der Waals surface area contributed by atoms with Crippen LogP contribution in [0.4, 0.5) is 16.5 Å². The van der Waals surface area contributed by atoms with Gasteiger partial charge in [0.2, 0.25) is 11.1 Å². The first-order chi connectivity index (χ1) is 9.81. The Bertz CT molecular complexity index is 734. The molecule has 11 heteroatoms. The third-order valence-corrected chi connectivity index (χ3v) is 3.69. The van der Waals surface area contributed by atoms with Gasteiger partial charge in [0, 0.05) is 7.05 Å². The van der Waals surface area contributed by atoms with E-state index in [1.807, 2.05) is 0 Å². The van der Waals surface area contributed by atoms with E-state index in [1.54, 1.807) is 6.92 Å². The topological polar surface area (TPSA) is 122 Å². The molecular formula is C10H8ClN5O4S. The number of anilines is 2. The Labute approximate surface area is 127 Å². The molecule has 0 aliphatic rings. The molecule has 0 saturated heterocycles. The molecular weight excluding hydrogens is 322 g/mol. The van der Waals surface area contributed by atoms with Gasteiger partial charge in [-0.1, -0.05) is 0 Å². The van der Waals surface area contributed by atoms with Crippen LogP contribution in [0, 0.1) is 17.0 Å². The highest BCUT2D eigenvalue weighted by Gasteiger charge is 2.27. The standard InChI is InChI=1S/C10H8ClN5O4S/c1-4-13-6(9(17)18)8(21-4)15(2)7-5(16(19)20)3-12-10(11)14-7/h3H,1-2H3,(H,17,18). The second-order valence-corrected chi connectivity index (χ2v) is 5.38. The number of halogens is 1. The number of hydrogen-bond acceptors (Lipinski definition) is 8. The van der Waals surface area contributed by atoms with Crippen LogP contribution < -0.4 is 4.90 Å². The number of carboxylic acids is 1. The van der Waals surface area contributed by atoms with Crippen molar-refractivity contribution in [2.75, 3.05) is 11.9 Å². The van der Waals surface area contributed by atoms with E-state index >= 15 is 0 Å². The smallest absolute Gasteiger partial charge is 0.357 e. The van der Waals surface area contributed by atoms with Gasteiger partial charge in [-0.3, -0.25) is 10.1 Å². The number of rotatable bonds is 4. The van der Waals surface area contributed by atoms with Gasteiger partial charge in [0.25, 0.3) is 0 Å². The molecule has 0 aliphatic heterocycles. The largest absolute Gasteiger partial charge is 0.476 e. The molecule has 2 rings (SSSR count). The van der Waals surface area contributed by atoms with E-state index in [1.165, 1.54) is 11.9 Å². The Hall–Kier alpha value is -2.33. The molecule has 0 aliphatic carbocycles. The second-order valence-electron chi connectivity index (χ2n) is 3.86. The summed E-state index contributed by atoms with van der Waals surface area (Å²) in [5, 5.41) is 20.7. The molecule has 0 radical (unpaired) electrons. The van der Waals surface area contributed by atoms with Gasteiger partial charge in [-0.25, -0.2) is 14.8 Å². The van der Waals surface area contributed by atoms with Crippen molar-refractivity contribution in [3.8, 4) is 0 Å². The highest BCUT2D eigenvalue weighted by molar-refractivity contribution is 7.16. The SMILES string of the molecule is Cc1nc(C(=O)O)c(N(C)c2nc(Cl)ncc2[N+](=O)[O-])s1. The quantitative estimate of drug-likeness (QED) is 0.514. The fraction of sp³-hybridized carbons (Fsp3) is 0.200. The minimum Gasteiger partial charge on any atom is -0.476 e. The van der Waals surface area contributed by atoms with Crippen molar-refractivity contribution in [1.82, 2.24) is 15.0 Å². The van der Waals surface area contributed by atoms with Crippen molar-refractivity contribution in [2.45, 2.75) is 6.92 Å². The Balaban J connectivity index is 2.59. The molecule has 2 aromatic heterocycles. The number of aryl methyl sites for hydroxylation is 1. The maximum absolute atomic E-state index is 11.2. The summed E-state index contributed by atoms with van der Waals surface area (Å²) >= 11 is 6.74. The maximum atomic E-state index is 11.2. The minimum atomic E-state index is -1.23. The van der Waals surface area contributed by atoms with Crippen LogP contribution in [0.3, 0.4) is 0 Å². The normalized spacial score (nSPS) is 10.4. The Morgan fingerprint density at radius 3 is 2.76 bits per heavy atom. The first-order valence-electron chi connectivity index (χ1n) is 5.42. The van der Waals surface area contributed by atoms with E-state index in [4.69, 9.17) is 16.7 Å². The van der Waals surface area contributed by atoms with Crippen LogP contribution in [0.1, 0.15) is 15.5 Å². The third-order valence-electron chi connectivity index (χ3n) is 2.46. The monoisotopic (exact) mass is 329 g/mol. The molecule has 0 amide bonds. The molecule has 0 unspecified atom stereocenters. The summed E-state index contributed by atoms with van der Waals surface area (Å²) in [5.41, 5.74) is -0.590. The highest BCUT2D eigenvalue weighted by Crippen LogP contribution is 2.36. The van der Waals surface area contributed by atoms with Crippen molar-refractivity contribution in [3.63, 3.8) is 0 Å². The van der Waals surface area contributed by atoms with E-state index in [-0.39, 0.29) is 27.5 Å². The van der Waals surface area contributed by atoms with Gasteiger partial charge in [-0.2, -0.15) is 4.98 Å². The van der Waals surface area contributed by atoms with Crippen molar-refractivity contribution in [1.29, 1.82) is 0 Å². The first kappa shape index (κ1) is 15.1. The Morgan fingerprint density at radius 1 is 1.52 bits per heavy atom. The lowest BCUT2D eigenvalue weighted by atomic mass is 10.4. The molecule has 0 aromatic carbocycles. The number of carboxylic acid groups (broad SMARTS) is 1. The van der Waals surface area contributed by atoms with E-state index in [0.29, 0.717) is 5.01 Å². The van der Waals surface area contributed by atoms with E-state index in [0.717, 1.165) is 17.5 Å². The fourth-order valence-corrected chi connectivity index (χ4v) is 2.60. The van der Waals surface area contributed by atoms with Crippen LogP contribution in [0.25, 0.3) is 0 Å². The summed E-state index contributed by atoms with van der Waals surface area (Å²) in [6.45, 7) is 1.63. The minimum absolute atomic E-state index is 0.105. The summed E-state index contributed by atoms with van der Waals surface area (Å²) in [4.78, 5) is 34.0. The van der Waals surface area contributed by atoms with Crippen molar-refractivity contribution < 1.29 is 14.8 Å². The summed E-state index contributed by atoms with van der Waals surface area (Å²) < 4.78 is 0. The first-order valence-corrected chi connectivity index (χ1v) is 6.62. The Morgan fingerprint density at radius 2 is 2.19 bits per heavy atom. The Kier molecular flexibility index (Phi) is 4.00. The van der Waals surface area contributed by atoms with Gasteiger partial charge >= 0.3 is 11.7 Å². The molecule has 2 heterocycles. The molecule has 1 N–H and O–H groups in total. The maximum Gasteiger partial charge on any atom is 0.357 e. The lowest BCUT2D eigenvalue weighted by molar-refractivity contribution is -0.384. The zero-order valence-corrected chi connectivity index (χ0v) is 12.3. The van der Waals surface area contributed by atoms with Gasteiger partial charge in [-0.05, 0) is 18.5 Å². The summed E-state index contributed by atoms with van der Waals surface area (Å²) in [6.07, 6.45) is 0.968. The van der Waals surface area contributed by atoms with Crippen molar-refractivity contribution in [3.05, 3.63) is 32.3 Å². The number of nitrogens with zero attached hydrogens (tertiary/aromatic N) is 5. The molecule has 0 fully saturated rings. The summed E-state index contributed by atoms with van der Waals surface area (Å²) in [6, 6.07) is 0. The van der Waals surface area contributed by atoms with E-state index < -0.39 is 10.9 Å². The number of thiazole rings is 1. The van der Waals surface area contributed by atoms with Gasteiger partial charge in [0.1, 0.15) is 11.2 Å². The van der Waals surface area contributed by atoms with Crippen molar-refractivity contribution in [2.24, 2.45) is 0 Å². The highest BCUT2D eigenvalue weighted by atomic mass is 35.5. The third kappa shape index (κ3) is 2.90. The van der Waals surface area contributed by atoms with Gasteiger partial charge < -0.3 is 10.0 Å². The molecule has 0 saturated carbocycles. The number of carbonyl (C=O) groups is 1. The van der Waals surface area contributed by atoms with Gasteiger partial charge in [0.05, 0.1) is 9.93 Å². The molecule has 0 bridgehead atoms. The van der Waals surface area contributed by atoms with Crippen molar-refractivity contribution >= 4 is 45.4 Å². The molecule has 9 nitrogen and oxygen atoms in total. The predicted molar refractivity (Wildman–Crippen MR) is 75.6 cm³/mol. The van der Waals surface area contributed by atoms with Crippen LogP contribution >= 0.6 is 22.9 Å². The van der Waals surface area contributed by atoms with Crippen LogP contribution in [0.2, 0.25) is 5.28 Å². The zero-order valence-electron chi connectivity index (χ0n) is 10.8. The molecule has 0 atom stereocenters. The van der Waals surface area contributed by atoms with E-state index in [9.17, 15) is 14.9 Å². The van der Waals surface area contributed by atoms with Gasteiger partial charge in [0.15, 0.2) is 5.69 Å². The number of aromatic nitrogens is 3. The molecule has 2 aromatic rings. The average Bonchev–Trinajstić information content (AvgIpc) is 2.79. The molecule has 21 heavy (non-hydrogen) atoms. The summed E-state index contributed by atoms with van der Waals surface area (Å²) in [7, 11) is 1.45. The fourth-order valence-electron chi connectivity index (χ4n) is 1.60. The second kappa shape index (κ2) is 5.58. The van der Waals surface area contributed by atoms with Crippen LogP contribution in [0.5, 0.6) is 0 Å². The number of aromatic carboxylic acids is 1. The van der Waals surface area contributed by atoms with Crippen LogP contribution in [0.15, 0.2) is 6.20 Å². The molecule has 0 spiro atoms. The lowest BCUT2D eigenvalue weighted by Gasteiger charge is -2.16. The predicted octanol–water partition coefficient (Wildman–Crippen LogP) is 2.27. The van der Waals surface area contributed by atoms with E-state index in [2.05, 4.69) is 15.0 Å². The zero-order chi connectivity index (χ0) is 15.7. The lowest BCUT2D eigenvalue weighted by Crippen LogP contribution is -2.15. The van der Waals surface area contributed by atoms with Crippen LogP contribution in [-0.4, -0.2) is 38.0 Å². The summed E-state index contributed by atoms with van der Waals surface area (Å²) in [5.74, 6) is -1.34. The number of nitro groups is 1. The molecule has 110 valence electrons. The van der Waals surface area contributed by atoms with Crippen LogP contribution in [-0.2, 0) is 0 Å².